The average Bonchev–Trinajstić information content (AvgIpc) is 2.50. The Morgan fingerprint density at radius 2 is 2.17 bits per heavy atom. The van der Waals surface area contributed by atoms with Gasteiger partial charge in [-0.1, -0.05) is 0 Å². The minimum absolute atomic E-state index is 0.0518. The lowest BCUT2D eigenvalue weighted by molar-refractivity contribution is -0.136. The second kappa shape index (κ2) is 3.53. The van der Waals surface area contributed by atoms with Gasteiger partial charge < -0.3 is 16.4 Å². The predicted molar refractivity (Wildman–Crippen MR) is 43.0 cm³/mol. The van der Waals surface area contributed by atoms with Crippen LogP contribution in [0.15, 0.2) is 0 Å². The van der Waals surface area contributed by atoms with E-state index in [1.165, 1.54) is 4.90 Å². The zero-order valence-electron chi connectivity index (χ0n) is 6.82. The largest absolute Gasteiger partial charge is 0.368 e. The van der Waals surface area contributed by atoms with E-state index in [1.54, 1.807) is 0 Å². The van der Waals surface area contributed by atoms with E-state index in [9.17, 15) is 9.59 Å². The number of hydrogen-bond acceptors (Lipinski definition) is 3. The maximum Gasteiger partial charge on any atom is 0.240 e. The molecule has 1 fully saturated rings. The summed E-state index contributed by atoms with van der Waals surface area (Å²) >= 11 is 0. The van der Waals surface area contributed by atoms with Crippen LogP contribution in [-0.2, 0) is 9.59 Å². The molecular weight excluding hydrogens is 158 g/mol. The Morgan fingerprint density at radius 1 is 1.50 bits per heavy atom. The Kier molecular flexibility index (Phi) is 2.65. The van der Waals surface area contributed by atoms with E-state index >= 15 is 0 Å². The summed E-state index contributed by atoms with van der Waals surface area (Å²) in [5.74, 6) is -0.634. The van der Waals surface area contributed by atoms with Crippen molar-refractivity contribution in [2.24, 2.45) is 11.5 Å². The van der Waals surface area contributed by atoms with Gasteiger partial charge in [0, 0.05) is 6.54 Å². The highest BCUT2D eigenvalue weighted by Crippen LogP contribution is 2.16. The summed E-state index contributed by atoms with van der Waals surface area (Å²) in [6.45, 7) is 0.549. The Bertz CT molecular complexity index is 205. The topological polar surface area (TPSA) is 89.4 Å². The lowest BCUT2D eigenvalue weighted by Gasteiger charge is -2.20. The summed E-state index contributed by atoms with van der Waals surface area (Å²) in [5, 5.41) is 0. The van der Waals surface area contributed by atoms with Crippen molar-refractivity contribution in [2.75, 3.05) is 13.1 Å². The number of nitrogens with two attached hydrogens (primary N) is 2. The van der Waals surface area contributed by atoms with Gasteiger partial charge in [-0.05, 0) is 12.8 Å². The van der Waals surface area contributed by atoms with Gasteiger partial charge in [0.1, 0.15) is 6.04 Å². The molecule has 1 saturated heterocycles. The fraction of sp³-hybridized carbons (Fsp3) is 0.714. The number of primary amides is 1. The molecule has 0 saturated carbocycles. The Hall–Kier alpha value is -1.10. The number of amides is 2. The monoisotopic (exact) mass is 171 g/mol. The van der Waals surface area contributed by atoms with E-state index in [2.05, 4.69) is 0 Å². The van der Waals surface area contributed by atoms with Crippen molar-refractivity contribution in [1.29, 1.82) is 0 Å². The first-order valence-corrected chi connectivity index (χ1v) is 3.95. The van der Waals surface area contributed by atoms with Crippen molar-refractivity contribution in [3.63, 3.8) is 0 Å². The van der Waals surface area contributed by atoms with Gasteiger partial charge >= 0.3 is 0 Å². The van der Waals surface area contributed by atoms with E-state index in [-0.39, 0.29) is 12.5 Å². The molecule has 1 aliphatic rings. The third-order valence-corrected chi connectivity index (χ3v) is 2.08. The fourth-order valence-electron chi connectivity index (χ4n) is 1.48. The highest BCUT2D eigenvalue weighted by molar-refractivity contribution is 5.87. The van der Waals surface area contributed by atoms with Crippen LogP contribution in [0.3, 0.4) is 0 Å². The Balaban J connectivity index is 2.63. The molecule has 1 rings (SSSR count). The van der Waals surface area contributed by atoms with Crippen molar-refractivity contribution in [1.82, 2.24) is 4.90 Å². The predicted octanol–water partition coefficient (Wildman–Crippen LogP) is -1.58. The molecule has 0 aliphatic carbocycles. The van der Waals surface area contributed by atoms with Crippen molar-refractivity contribution < 1.29 is 9.59 Å². The highest BCUT2D eigenvalue weighted by atomic mass is 16.2. The van der Waals surface area contributed by atoms with Gasteiger partial charge in [-0.2, -0.15) is 0 Å². The third-order valence-electron chi connectivity index (χ3n) is 2.08. The van der Waals surface area contributed by atoms with Crippen molar-refractivity contribution >= 4 is 11.8 Å². The number of carbonyl (C=O) groups is 2. The number of nitrogens with zero attached hydrogens (tertiary/aromatic N) is 1. The molecule has 0 aromatic heterocycles. The molecule has 1 heterocycles. The molecule has 1 unspecified atom stereocenters. The SMILES string of the molecule is NCC(=O)N1CCCC1C(N)=O. The van der Waals surface area contributed by atoms with Gasteiger partial charge in [0.15, 0.2) is 0 Å². The molecule has 68 valence electrons. The van der Waals surface area contributed by atoms with Crippen molar-refractivity contribution in [2.45, 2.75) is 18.9 Å². The third kappa shape index (κ3) is 1.55. The first-order valence-electron chi connectivity index (χ1n) is 3.95. The van der Waals surface area contributed by atoms with E-state index < -0.39 is 11.9 Å². The van der Waals surface area contributed by atoms with E-state index in [1.807, 2.05) is 0 Å². The number of carbonyl (C=O) groups excluding carboxylic acids is 2. The van der Waals surface area contributed by atoms with Gasteiger partial charge in [-0.15, -0.1) is 0 Å². The van der Waals surface area contributed by atoms with Crippen LogP contribution in [0.5, 0.6) is 0 Å². The summed E-state index contributed by atoms with van der Waals surface area (Å²) in [7, 11) is 0. The number of rotatable bonds is 2. The van der Waals surface area contributed by atoms with Crippen molar-refractivity contribution in [3.05, 3.63) is 0 Å². The molecule has 5 heteroatoms. The molecule has 1 atom stereocenters. The molecule has 12 heavy (non-hydrogen) atoms. The summed E-state index contributed by atoms with van der Waals surface area (Å²) in [6.07, 6.45) is 1.50. The fourth-order valence-corrected chi connectivity index (χ4v) is 1.48. The number of likely N-dealkylation sites (tertiary alicyclic amines) is 1. The Labute approximate surface area is 70.7 Å². The normalized spacial score (nSPS) is 22.8. The highest BCUT2D eigenvalue weighted by Gasteiger charge is 2.31. The van der Waals surface area contributed by atoms with Crippen LogP contribution < -0.4 is 11.5 Å². The summed E-state index contributed by atoms with van der Waals surface area (Å²) in [6, 6.07) is -0.430. The van der Waals surface area contributed by atoms with Gasteiger partial charge in [-0.25, -0.2) is 0 Å². The second-order valence-corrected chi connectivity index (χ2v) is 2.85. The van der Waals surface area contributed by atoms with Crippen LogP contribution in [0.25, 0.3) is 0 Å². The molecule has 1 aliphatic heterocycles. The maximum absolute atomic E-state index is 11.1. The molecule has 0 aromatic rings. The molecule has 2 amide bonds. The summed E-state index contributed by atoms with van der Waals surface area (Å²) < 4.78 is 0. The molecule has 0 radical (unpaired) electrons. The van der Waals surface area contributed by atoms with Gasteiger partial charge in [-0.3, -0.25) is 9.59 Å². The zero-order chi connectivity index (χ0) is 9.14. The smallest absolute Gasteiger partial charge is 0.240 e. The second-order valence-electron chi connectivity index (χ2n) is 2.85. The van der Waals surface area contributed by atoms with Crippen LogP contribution in [0.2, 0.25) is 0 Å². The lowest BCUT2D eigenvalue weighted by Crippen LogP contribution is -2.45. The average molecular weight is 171 g/mol. The Morgan fingerprint density at radius 3 is 2.67 bits per heavy atom. The summed E-state index contributed by atoms with van der Waals surface area (Å²) in [4.78, 5) is 23.4. The first-order chi connectivity index (χ1) is 5.66. The first kappa shape index (κ1) is 8.99. The van der Waals surface area contributed by atoms with E-state index in [0.29, 0.717) is 13.0 Å². The summed E-state index contributed by atoms with van der Waals surface area (Å²) in [5.41, 5.74) is 10.3. The standard InChI is InChI=1S/C7H13N3O2/c8-4-6(11)10-3-1-2-5(10)7(9)12/h5H,1-4,8H2,(H2,9,12). The molecule has 0 aromatic carbocycles. The van der Waals surface area contributed by atoms with E-state index in [4.69, 9.17) is 11.5 Å². The van der Waals surface area contributed by atoms with Crippen LogP contribution >= 0.6 is 0 Å². The molecule has 5 nitrogen and oxygen atoms in total. The van der Waals surface area contributed by atoms with Gasteiger partial charge in [0.25, 0.3) is 0 Å². The number of hydrogen-bond donors (Lipinski definition) is 2. The van der Waals surface area contributed by atoms with Gasteiger partial charge in [0.2, 0.25) is 11.8 Å². The lowest BCUT2D eigenvalue weighted by atomic mass is 10.2. The molecule has 0 spiro atoms. The zero-order valence-corrected chi connectivity index (χ0v) is 6.82. The minimum Gasteiger partial charge on any atom is -0.368 e. The van der Waals surface area contributed by atoms with Crippen LogP contribution in [0.1, 0.15) is 12.8 Å². The molecule has 0 bridgehead atoms. The van der Waals surface area contributed by atoms with Crippen LogP contribution in [0, 0.1) is 0 Å². The molecular formula is C7H13N3O2. The molecule has 4 N–H and O–H groups in total. The maximum atomic E-state index is 11.1. The van der Waals surface area contributed by atoms with Crippen LogP contribution in [-0.4, -0.2) is 35.8 Å². The van der Waals surface area contributed by atoms with Crippen LogP contribution in [0.4, 0.5) is 0 Å². The minimum atomic E-state index is -0.436. The van der Waals surface area contributed by atoms with Gasteiger partial charge in [0.05, 0.1) is 6.54 Å². The van der Waals surface area contributed by atoms with Crippen molar-refractivity contribution in [3.8, 4) is 0 Å². The van der Waals surface area contributed by atoms with E-state index in [0.717, 1.165) is 6.42 Å². The quantitative estimate of drug-likeness (QED) is 0.525.